The van der Waals surface area contributed by atoms with E-state index in [1.807, 2.05) is 0 Å². The Morgan fingerprint density at radius 2 is 1.87 bits per heavy atom. The Morgan fingerprint density at radius 3 is 2.43 bits per heavy atom. The molecule has 0 spiro atoms. The number of nitrogens with zero attached hydrogens (tertiary/aromatic N) is 1. The molecule has 0 radical (unpaired) electrons. The van der Waals surface area contributed by atoms with Crippen LogP contribution >= 0.6 is 0 Å². The molecule has 0 saturated heterocycles. The van der Waals surface area contributed by atoms with Gasteiger partial charge < -0.3 is 10.2 Å². The second-order valence-electron chi connectivity index (χ2n) is 8.63. The summed E-state index contributed by atoms with van der Waals surface area (Å²) in [5.41, 5.74) is 5.13. The first-order valence-electron chi connectivity index (χ1n) is 9.52. The minimum Gasteiger partial charge on any atom is -0.366 e. The zero-order valence-electron chi connectivity index (χ0n) is 15.7. The van der Waals surface area contributed by atoms with Crippen LogP contribution in [0.2, 0.25) is 0 Å². The van der Waals surface area contributed by atoms with E-state index < -0.39 is 0 Å². The molecule has 2 heteroatoms. The molecular weight excluding hydrogens is 280 g/mol. The topological polar surface area (TPSA) is 15.3 Å². The fourth-order valence-electron chi connectivity index (χ4n) is 4.20. The van der Waals surface area contributed by atoms with Gasteiger partial charge in [-0.1, -0.05) is 26.0 Å². The SMILES string of the molecule is CCC1(CC)CN(C(C)(C)C)c2cccc(CNCC3CC3)c21. The van der Waals surface area contributed by atoms with E-state index in [9.17, 15) is 0 Å². The molecule has 1 aliphatic carbocycles. The Bertz CT molecular complexity index is 547. The first kappa shape index (κ1) is 16.8. The Balaban J connectivity index is 1.95. The van der Waals surface area contributed by atoms with Crippen LogP contribution in [0.5, 0.6) is 0 Å². The van der Waals surface area contributed by atoms with E-state index in [1.54, 1.807) is 5.56 Å². The van der Waals surface area contributed by atoms with Gasteiger partial charge in [0.2, 0.25) is 0 Å². The van der Waals surface area contributed by atoms with Gasteiger partial charge in [0.1, 0.15) is 0 Å². The lowest BCUT2D eigenvalue weighted by molar-refractivity contribution is 0.385. The molecule has 0 aromatic heterocycles. The van der Waals surface area contributed by atoms with E-state index in [0.29, 0.717) is 5.41 Å². The molecule has 1 aromatic rings. The summed E-state index contributed by atoms with van der Waals surface area (Å²) in [6.45, 7) is 15.2. The molecule has 1 aromatic carbocycles. The number of hydrogen-bond donors (Lipinski definition) is 1. The smallest absolute Gasteiger partial charge is 0.0413 e. The van der Waals surface area contributed by atoms with E-state index >= 15 is 0 Å². The Hall–Kier alpha value is -1.02. The van der Waals surface area contributed by atoms with Crippen LogP contribution in [0.4, 0.5) is 5.69 Å². The van der Waals surface area contributed by atoms with E-state index in [0.717, 1.165) is 12.5 Å². The van der Waals surface area contributed by atoms with Crippen LogP contribution in [-0.4, -0.2) is 18.6 Å². The molecule has 23 heavy (non-hydrogen) atoms. The maximum atomic E-state index is 3.71. The van der Waals surface area contributed by atoms with Gasteiger partial charge in [-0.15, -0.1) is 0 Å². The molecule has 2 nitrogen and oxygen atoms in total. The van der Waals surface area contributed by atoms with E-state index in [1.165, 1.54) is 50.0 Å². The lowest BCUT2D eigenvalue weighted by Crippen LogP contribution is -2.44. The van der Waals surface area contributed by atoms with Gasteiger partial charge in [0.15, 0.2) is 0 Å². The number of nitrogens with one attached hydrogen (secondary N) is 1. The molecule has 1 N–H and O–H groups in total. The molecule has 1 saturated carbocycles. The van der Waals surface area contributed by atoms with E-state index in [2.05, 4.69) is 63.0 Å². The maximum Gasteiger partial charge on any atom is 0.0413 e. The van der Waals surface area contributed by atoms with Crippen molar-refractivity contribution in [3.8, 4) is 0 Å². The zero-order chi connectivity index (χ0) is 16.7. The quantitative estimate of drug-likeness (QED) is 0.806. The second-order valence-corrected chi connectivity index (χ2v) is 8.63. The van der Waals surface area contributed by atoms with Gasteiger partial charge in [-0.05, 0) is 76.1 Å². The number of hydrogen-bond acceptors (Lipinski definition) is 2. The summed E-state index contributed by atoms with van der Waals surface area (Å²) in [6.07, 6.45) is 5.29. The van der Waals surface area contributed by atoms with Gasteiger partial charge in [-0.2, -0.15) is 0 Å². The highest BCUT2D eigenvalue weighted by Crippen LogP contribution is 2.49. The van der Waals surface area contributed by atoms with Crippen molar-refractivity contribution in [1.29, 1.82) is 0 Å². The molecule has 1 aliphatic heterocycles. The van der Waals surface area contributed by atoms with Gasteiger partial charge in [-0.25, -0.2) is 0 Å². The van der Waals surface area contributed by atoms with Crippen molar-refractivity contribution < 1.29 is 0 Å². The summed E-state index contributed by atoms with van der Waals surface area (Å²) < 4.78 is 0. The summed E-state index contributed by atoms with van der Waals surface area (Å²) in [6, 6.07) is 6.95. The second kappa shape index (κ2) is 6.12. The van der Waals surface area contributed by atoms with E-state index in [4.69, 9.17) is 0 Å². The third-order valence-electron chi connectivity index (χ3n) is 6.02. The average Bonchev–Trinajstić information content (AvgIpc) is 3.26. The molecule has 3 rings (SSSR count). The highest BCUT2D eigenvalue weighted by molar-refractivity contribution is 5.67. The Kier molecular flexibility index (Phi) is 4.48. The van der Waals surface area contributed by atoms with Crippen molar-refractivity contribution in [1.82, 2.24) is 5.32 Å². The third kappa shape index (κ3) is 3.15. The van der Waals surface area contributed by atoms with E-state index in [-0.39, 0.29) is 5.54 Å². The minimum atomic E-state index is 0.181. The molecule has 1 heterocycles. The third-order valence-corrected chi connectivity index (χ3v) is 6.02. The fraction of sp³-hybridized carbons (Fsp3) is 0.714. The predicted octanol–water partition coefficient (Wildman–Crippen LogP) is 4.86. The zero-order valence-corrected chi connectivity index (χ0v) is 15.7. The average molecular weight is 315 g/mol. The maximum absolute atomic E-state index is 3.71. The van der Waals surface area contributed by atoms with Crippen LogP contribution in [0, 0.1) is 5.92 Å². The molecule has 2 aliphatic rings. The van der Waals surface area contributed by atoms with Crippen molar-refractivity contribution in [3.05, 3.63) is 29.3 Å². The molecule has 1 fully saturated rings. The molecular formula is C21H34N2. The van der Waals surface area contributed by atoms with Crippen LogP contribution in [0.1, 0.15) is 71.4 Å². The Labute approximate surface area is 142 Å². The van der Waals surface area contributed by atoms with Crippen LogP contribution in [0.25, 0.3) is 0 Å². The normalized spacial score (nSPS) is 20.0. The first-order valence-corrected chi connectivity index (χ1v) is 9.52. The monoisotopic (exact) mass is 314 g/mol. The lowest BCUT2D eigenvalue weighted by Gasteiger charge is -2.37. The highest BCUT2D eigenvalue weighted by atomic mass is 15.2. The summed E-state index contributed by atoms with van der Waals surface area (Å²) in [5.74, 6) is 0.944. The number of anilines is 1. The summed E-state index contributed by atoms with van der Waals surface area (Å²) in [5, 5.41) is 3.71. The van der Waals surface area contributed by atoms with Crippen LogP contribution < -0.4 is 10.2 Å². The van der Waals surface area contributed by atoms with Crippen molar-refractivity contribution >= 4 is 5.69 Å². The van der Waals surface area contributed by atoms with Crippen LogP contribution in [0.3, 0.4) is 0 Å². The van der Waals surface area contributed by atoms with Gasteiger partial charge in [0.05, 0.1) is 0 Å². The lowest BCUT2D eigenvalue weighted by atomic mass is 9.75. The molecule has 0 amide bonds. The summed E-state index contributed by atoms with van der Waals surface area (Å²) in [7, 11) is 0. The van der Waals surface area contributed by atoms with Crippen molar-refractivity contribution in [2.45, 2.75) is 77.8 Å². The molecule has 0 atom stereocenters. The predicted molar refractivity (Wildman–Crippen MR) is 100 cm³/mol. The number of fused-ring (bicyclic) bond motifs is 1. The van der Waals surface area contributed by atoms with Crippen LogP contribution in [-0.2, 0) is 12.0 Å². The fourth-order valence-corrected chi connectivity index (χ4v) is 4.20. The van der Waals surface area contributed by atoms with Gasteiger partial charge in [-0.3, -0.25) is 0 Å². The first-order chi connectivity index (χ1) is 10.9. The van der Waals surface area contributed by atoms with Crippen molar-refractivity contribution in [2.75, 3.05) is 18.0 Å². The van der Waals surface area contributed by atoms with Gasteiger partial charge >= 0.3 is 0 Å². The molecule has 0 bridgehead atoms. The molecule has 0 unspecified atom stereocenters. The summed E-state index contributed by atoms with van der Waals surface area (Å²) >= 11 is 0. The van der Waals surface area contributed by atoms with Gasteiger partial charge in [0.25, 0.3) is 0 Å². The van der Waals surface area contributed by atoms with Gasteiger partial charge in [0, 0.05) is 29.7 Å². The number of rotatable bonds is 6. The number of benzene rings is 1. The van der Waals surface area contributed by atoms with Crippen molar-refractivity contribution in [2.24, 2.45) is 5.92 Å². The molecule has 128 valence electrons. The minimum absolute atomic E-state index is 0.181. The summed E-state index contributed by atoms with van der Waals surface area (Å²) in [4.78, 5) is 2.64. The standard InChI is InChI=1S/C21H34N2/c1-6-21(7-2)15-23(20(3,4)5)18-10-8-9-17(19(18)21)14-22-13-16-11-12-16/h8-10,16,22H,6-7,11-15H2,1-5H3. The Morgan fingerprint density at radius 1 is 1.17 bits per heavy atom. The highest BCUT2D eigenvalue weighted by Gasteiger charge is 2.44. The van der Waals surface area contributed by atoms with Crippen LogP contribution in [0.15, 0.2) is 18.2 Å². The largest absolute Gasteiger partial charge is 0.366 e. The van der Waals surface area contributed by atoms with Crippen molar-refractivity contribution in [3.63, 3.8) is 0 Å².